The largest absolute Gasteiger partial charge is 0.543 e. The Bertz CT molecular complexity index is 4590. The first kappa shape index (κ1) is 76.5. The highest BCUT2D eigenvalue weighted by molar-refractivity contribution is 8.00. The Labute approximate surface area is 616 Å². The van der Waals surface area contributed by atoms with E-state index in [0.29, 0.717) is 22.5 Å². The molecule has 0 saturated carbocycles. The first-order valence-electron chi connectivity index (χ1n) is 30.7. The van der Waals surface area contributed by atoms with Crippen LogP contribution in [-0.2, 0) is 85.1 Å². The molecule has 5 aromatic rings. The second-order valence-corrected chi connectivity index (χ2v) is 30.4. The van der Waals surface area contributed by atoms with Gasteiger partial charge in [0.25, 0.3) is 35.4 Å². The van der Waals surface area contributed by atoms with E-state index in [0.717, 1.165) is 97.5 Å². The molecule has 105 heavy (non-hydrogen) atoms. The summed E-state index contributed by atoms with van der Waals surface area (Å²) in [4.78, 5) is 191. The van der Waals surface area contributed by atoms with Crippen LogP contribution in [0, 0.1) is 0 Å². The summed E-state index contributed by atoms with van der Waals surface area (Å²) in [6.07, 6.45) is 6.79. The Morgan fingerprint density at radius 2 is 1.04 bits per heavy atom. The zero-order valence-corrected chi connectivity index (χ0v) is 60.3. The SMILES string of the molecule is CC(C)(O/N=C(\C(=O)NC(C(=O)Nc1nc(/C(=N/OC(C)(C)C(=O)O)C(=O)N[C@@H]2C(=O)N3C(C(=O)O)=C(CNc4nc(/C(=N/OC(C)(C)C(=O)O)C(=O)N[C@@H]5C(=O)N6C(C(=O)[O-])=C(C[n+]7ccccc7)CS[C@H]56)cs4)CS[C@H]23)cs1)C1NC(C(=O)[O-])=C(C[n+]2ccccc2)CS1)c1csc(N)n1)C(=O)O. The van der Waals surface area contributed by atoms with E-state index in [9.17, 15) is 88.2 Å². The zero-order chi connectivity index (χ0) is 76.1. The molecule has 0 bridgehead atoms. The Morgan fingerprint density at radius 1 is 0.600 bits per heavy atom. The molecule has 2 saturated heterocycles. The maximum Gasteiger partial charge on any atom is 0.352 e. The van der Waals surface area contributed by atoms with Gasteiger partial charge in [-0.1, -0.05) is 27.6 Å². The van der Waals surface area contributed by atoms with Crippen LogP contribution in [0.1, 0.15) is 58.6 Å². The van der Waals surface area contributed by atoms with E-state index >= 15 is 0 Å². The van der Waals surface area contributed by atoms with Gasteiger partial charge in [-0.2, -0.15) is 0 Å². The van der Waals surface area contributed by atoms with Crippen molar-refractivity contribution in [3.63, 3.8) is 0 Å². The quantitative estimate of drug-likeness (QED) is 0.00939. The number of hydrogen-bond donors (Lipinski definition) is 11. The van der Waals surface area contributed by atoms with Crippen molar-refractivity contribution in [2.24, 2.45) is 15.5 Å². The van der Waals surface area contributed by atoms with Crippen molar-refractivity contribution < 1.29 is 112 Å². The van der Waals surface area contributed by atoms with Gasteiger partial charge in [0.2, 0.25) is 16.8 Å². The number of anilines is 3. The molecule has 2 unspecified atom stereocenters. The first-order chi connectivity index (χ1) is 49.6. The van der Waals surface area contributed by atoms with E-state index in [-0.39, 0.29) is 74.9 Å². The summed E-state index contributed by atoms with van der Waals surface area (Å²) in [5, 5.41) is 92.6. The van der Waals surface area contributed by atoms with Crippen molar-refractivity contribution in [3.05, 3.63) is 128 Å². The molecule has 5 aliphatic rings. The summed E-state index contributed by atoms with van der Waals surface area (Å²) in [6.45, 7) is 6.63. The van der Waals surface area contributed by atoms with Crippen LogP contribution in [0.5, 0.6) is 0 Å². The maximum absolute atomic E-state index is 14.7. The minimum Gasteiger partial charge on any atom is -0.543 e. The number of carbonyl (C=O) groups is 12. The van der Waals surface area contributed by atoms with Crippen molar-refractivity contribution in [1.29, 1.82) is 0 Å². The van der Waals surface area contributed by atoms with Gasteiger partial charge in [0.05, 0.1) is 23.3 Å². The summed E-state index contributed by atoms with van der Waals surface area (Å²) < 4.78 is 3.40. The van der Waals surface area contributed by atoms with Crippen molar-refractivity contribution in [3.8, 4) is 0 Å². The number of fused-ring (bicyclic) bond motifs is 2. The van der Waals surface area contributed by atoms with E-state index in [4.69, 9.17) is 20.2 Å². The van der Waals surface area contributed by atoms with Crippen molar-refractivity contribution in [1.82, 2.24) is 46.0 Å². The third-order valence-corrected chi connectivity index (χ3v) is 21.9. The summed E-state index contributed by atoms with van der Waals surface area (Å²) in [5.74, 6) is -15.6. The van der Waals surface area contributed by atoms with Gasteiger partial charge in [0.1, 0.15) is 57.0 Å². The second kappa shape index (κ2) is 31.5. The number of thioether (sulfide) groups is 3. The van der Waals surface area contributed by atoms with E-state index in [1.54, 1.807) is 70.3 Å². The molecule has 0 aliphatic carbocycles. The minimum atomic E-state index is -2.12. The smallest absolute Gasteiger partial charge is 0.352 e. The number of rotatable bonds is 31. The number of pyridine rings is 2. The molecule has 12 N–H and O–H groups in total. The molecule has 5 aliphatic heterocycles. The lowest BCUT2D eigenvalue weighted by Crippen LogP contribution is -2.71. The predicted octanol–water partition coefficient (Wildman–Crippen LogP) is -2.59. The van der Waals surface area contributed by atoms with E-state index in [1.807, 2.05) is 0 Å². The predicted molar refractivity (Wildman–Crippen MR) is 369 cm³/mol. The third-order valence-electron chi connectivity index (χ3n) is 15.7. The molecule has 0 aromatic carbocycles. The number of nitrogens with two attached hydrogens (primary N) is 1. The molecule has 10 heterocycles. The Kier molecular flexibility index (Phi) is 22.9. The normalized spacial score (nSPS) is 19.5. The number of nitrogens with one attached hydrogen (secondary N) is 6. The number of aromatic nitrogens is 5. The molecule has 0 spiro atoms. The number of amides is 6. The molecular formula is C61H61N17O21S6. The lowest BCUT2D eigenvalue weighted by Gasteiger charge is -2.50. The molecule has 44 heteroatoms. The molecule has 5 aromatic heterocycles. The van der Waals surface area contributed by atoms with E-state index < -0.39 is 157 Å². The van der Waals surface area contributed by atoms with Gasteiger partial charge < -0.3 is 92.4 Å². The minimum absolute atomic E-state index is 0.0338. The average Bonchev–Trinajstić information content (AvgIpc) is 1.53. The molecule has 38 nitrogen and oxygen atoms in total. The lowest BCUT2D eigenvalue weighted by molar-refractivity contribution is -0.689. The number of carboxylic acid groups (broad SMARTS) is 6. The van der Waals surface area contributed by atoms with E-state index in [2.05, 4.69) is 62.3 Å². The summed E-state index contributed by atoms with van der Waals surface area (Å²) in [5.41, 5.74) is -3.56. The lowest BCUT2D eigenvalue weighted by atomic mass is 10.0. The Balaban J connectivity index is 0.851. The van der Waals surface area contributed by atoms with Gasteiger partial charge in [-0.25, -0.2) is 43.3 Å². The van der Waals surface area contributed by atoms with Gasteiger partial charge in [0.15, 0.2) is 70.4 Å². The molecule has 6 atom stereocenters. The highest BCUT2D eigenvalue weighted by atomic mass is 32.2. The van der Waals surface area contributed by atoms with Crippen LogP contribution < -0.4 is 57.0 Å². The Hall–Kier alpha value is -11.1. The standard InChI is InChI=1S/C61H61N17O21S6/c1-59(2,53(91)92)97-72-33(29-23-103-56(62)64-29)41(79)67-36(45-70-32(50(85)86)27(21-100-45)18-75-13-9-7-10-14-75)44(82)71-58-66-31(25-105-58)35(74-99-61(5,6)55(95)96)43(81)68-37-46(83)77-39(51(87)88)26(20-101-48(37)77)17-63-57-65-30(24-104-57)34(73-98-60(3,4)54(93)94)42(80)69-38-47(84)78-40(52(89)90)28(22-102-49(38)78)19-76-15-11-8-12-16-76/h7-16,23-25,36-38,45,48-49,70H,17-22H2,1-6H3,(H11-2,62,63,64,65,66,67,68,69,71,79,80,81,82,85,86,87,88,89,90,91,92,93,94,95,96)/b72-33-,73-34-,74-35-/t36?,37-,38-,45?,48-,49-/m1/s1. The fraction of sp³-hybridized carbons (Fsp3) is 0.344. The second-order valence-electron chi connectivity index (χ2n) is 24.4. The first-order valence-corrected chi connectivity index (χ1v) is 36.5. The third kappa shape index (κ3) is 17.1. The number of aliphatic carboxylic acids is 6. The number of oxime groups is 3. The fourth-order valence-corrected chi connectivity index (χ4v) is 15.8. The highest BCUT2D eigenvalue weighted by Gasteiger charge is 2.56. The van der Waals surface area contributed by atoms with Crippen LogP contribution in [0.3, 0.4) is 0 Å². The van der Waals surface area contributed by atoms with Gasteiger partial charge in [0, 0.05) is 75.4 Å². The number of β-lactam (4-membered cyclic amide) rings is 2. The highest BCUT2D eigenvalue weighted by Crippen LogP contribution is 2.42. The molecule has 2 fully saturated rings. The van der Waals surface area contributed by atoms with Gasteiger partial charge in [-0.3, -0.25) is 38.6 Å². The number of carbonyl (C=O) groups excluding carboxylic acids is 8. The topological polar surface area (TPSA) is 548 Å². The van der Waals surface area contributed by atoms with Crippen LogP contribution in [0.4, 0.5) is 15.4 Å². The molecule has 6 amide bonds. The van der Waals surface area contributed by atoms with Crippen molar-refractivity contribution >= 4 is 173 Å². The van der Waals surface area contributed by atoms with Crippen LogP contribution in [0.15, 0.2) is 127 Å². The van der Waals surface area contributed by atoms with Crippen LogP contribution in [0.25, 0.3) is 0 Å². The number of hydrogen-bond acceptors (Lipinski definition) is 32. The van der Waals surface area contributed by atoms with Crippen molar-refractivity contribution in [2.75, 3.05) is 40.2 Å². The number of nitrogens with zero attached hydrogens (tertiary/aromatic N) is 10. The van der Waals surface area contributed by atoms with Crippen LogP contribution in [0.2, 0.25) is 0 Å². The van der Waals surface area contributed by atoms with E-state index in [1.165, 1.54) is 27.9 Å². The zero-order valence-electron chi connectivity index (χ0n) is 55.4. The van der Waals surface area contributed by atoms with Crippen LogP contribution in [-0.4, -0.2) is 208 Å². The number of thiazole rings is 3. The fourth-order valence-electron chi connectivity index (χ4n) is 9.97. The summed E-state index contributed by atoms with van der Waals surface area (Å²) >= 11 is 5.59. The molecule has 10 rings (SSSR count). The van der Waals surface area contributed by atoms with Gasteiger partial charge in [-0.05, 0) is 47.1 Å². The molecule has 0 radical (unpaired) electrons. The summed E-state index contributed by atoms with van der Waals surface area (Å²) in [7, 11) is 0. The van der Waals surface area contributed by atoms with Gasteiger partial charge in [-0.15, -0.1) is 69.3 Å². The Morgan fingerprint density at radius 3 is 1.50 bits per heavy atom. The van der Waals surface area contributed by atoms with Crippen molar-refractivity contribution in [2.45, 2.75) is 106 Å². The molecule has 552 valence electrons. The van der Waals surface area contributed by atoms with Crippen LogP contribution >= 0.6 is 69.3 Å². The number of nitrogen functional groups attached to an aromatic ring is 1. The van der Waals surface area contributed by atoms with Gasteiger partial charge >= 0.3 is 23.9 Å². The average molecular weight is 1560 g/mol. The number of carboxylic acids is 6. The monoisotopic (exact) mass is 1560 g/mol. The summed E-state index contributed by atoms with van der Waals surface area (Å²) in [6, 6.07) is 5.84. The maximum atomic E-state index is 14.7. The molecular weight excluding hydrogens is 1500 g/mol.